The molecule has 146 valence electrons. The van der Waals surface area contributed by atoms with E-state index in [0.717, 1.165) is 15.8 Å². The molecule has 1 amide bonds. The monoisotopic (exact) mass is 398 g/mol. The van der Waals surface area contributed by atoms with Crippen molar-refractivity contribution in [3.8, 4) is 5.75 Å². The Bertz CT molecular complexity index is 1060. The molecule has 0 bridgehead atoms. The van der Waals surface area contributed by atoms with Crippen LogP contribution in [-0.2, 0) is 16.1 Å². The molecule has 1 heterocycles. The van der Waals surface area contributed by atoms with E-state index >= 15 is 0 Å². The van der Waals surface area contributed by atoms with Gasteiger partial charge in [0, 0.05) is 12.1 Å². The number of fused-ring (bicyclic) bond motifs is 1. The predicted molar refractivity (Wildman–Crippen MR) is 109 cm³/mol. The second-order valence-corrected chi connectivity index (χ2v) is 7.22. The maximum Gasteiger partial charge on any atom is 0.307 e. The molecule has 0 saturated carbocycles. The van der Waals surface area contributed by atoms with E-state index in [-0.39, 0.29) is 18.3 Å². The Labute approximate surface area is 167 Å². The molecule has 0 fully saturated rings. The van der Waals surface area contributed by atoms with Gasteiger partial charge in [-0.2, -0.15) is 4.99 Å². The molecule has 0 aliphatic heterocycles. The maximum atomic E-state index is 12.6. The number of benzene rings is 2. The van der Waals surface area contributed by atoms with E-state index in [1.165, 1.54) is 11.3 Å². The normalized spacial score (nSPS) is 11.6. The first-order valence-electron chi connectivity index (χ1n) is 9.00. The lowest BCUT2D eigenvalue weighted by Crippen LogP contribution is -2.19. The van der Waals surface area contributed by atoms with Gasteiger partial charge in [0.25, 0.3) is 5.91 Å². The van der Waals surface area contributed by atoms with Gasteiger partial charge in [0.1, 0.15) is 5.75 Å². The van der Waals surface area contributed by atoms with Crippen LogP contribution in [0.5, 0.6) is 5.75 Å². The average molecular weight is 398 g/mol. The molecule has 0 aliphatic carbocycles. The standard InChI is InChI=1S/C21H22N2O4S/c1-4-27-19(24)11-12-23-17-10-5-14(2)13-18(17)28-21(23)22-20(25)15-6-8-16(26-3)9-7-15/h5-10,13H,4,11-12H2,1-3H3. The summed E-state index contributed by atoms with van der Waals surface area (Å²) in [6, 6.07) is 12.9. The zero-order valence-corrected chi connectivity index (χ0v) is 16.9. The molecule has 6 nitrogen and oxygen atoms in total. The number of hydrogen-bond donors (Lipinski definition) is 0. The van der Waals surface area contributed by atoms with Crippen LogP contribution in [0.4, 0.5) is 0 Å². The van der Waals surface area contributed by atoms with Crippen molar-refractivity contribution in [1.29, 1.82) is 0 Å². The van der Waals surface area contributed by atoms with Gasteiger partial charge in [-0.05, 0) is 55.8 Å². The Morgan fingerprint density at radius 1 is 1.14 bits per heavy atom. The highest BCUT2D eigenvalue weighted by atomic mass is 32.1. The second kappa shape index (κ2) is 8.84. The van der Waals surface area contributed by atoms with Gasteiger partial charge in [-0.3, -0.25) is 9.59 Å². The van der Waals surface area contributed by atoms with Gasteiger partial charge in [-0.1, -0.05) is 17.4 Å². The highest BCUT2D eigenvalue weighted by molar-refractivity contribution is 7.16. The maximum absolute atomic E-state index is 12.6. The van der Waals surface area contributed by atoms with Crippen molar-refractivity contribution in [3.05, 3.63) is 58.4 Å². The Morgan fingerprint density at radius 3 is 2.57 bits per heavy atom. The fourth-order valence-electron chi connectivity index (χ4n) is 2.80. The number of esters is 1. The van der Waals surface area contributed by atoms with Crippen LogP contribution in [0.3, 0.4) is 0 Å². The summed E-state index contributed by atoms with van der Waals surface area (Å²) < 4.78 is 13.1. The molecule has 2 aromatic carbocycles. The van der Waals surface area contributed by atoms with E-state index in [9.17, 15) is 9.59 Å². The van der Waals surface area contributed by atoms with Gasteiger partial charge in [-0.25, -0.2) is 0 Å². The number of thiazole rings is 1. The molecule has 3 rings (SSSR count). The molecule has 7 heteroatoms. The van der Waals surface area contributed by atoms with Crippen LogP contribution in [0.15, 0.2) is 47.5 Å². The first-order valence-corrected chi connectivity index (χ1v) is 9.82. The van der Waals surface area contributed by atoms with Crippen LogP contribution in [0.1, 0.15) is 29.3 Å². The third-order valence-electron chi connectivity index (χ3n) is 4.22. The van der Waals surface area contributed by atoms with Crippen LogP contribution >= 0.6 is 11.3 Å². The summed E-state index contributed by atoms with van der Waals surface area (Å²) in [4.78, 5) is 29.3. The lowest BCUT2D eigenvalue weighted by atomic mass is 10.2. The summed E-state index contributed by atoms with van der Waals surface area (Å²) in [7, 11) is 1.58. The third kappa shape index (κ3) is 4.48. The average Bonchev–Trinajstić information content (AvgIpc) is 3.02. The Morgan fingerprint density at radius 2 is 1.89 bits per heavy atom. The van der Waals surface area contributed by atoms with Gasteiger partial charge >= 0.3 is 5.97 Å². The molecule has 0 N–H and O–H groups in total. The number of nitrogens with zero attached hydrogens (tertiary/aromatic N) is 2. The first kappa shape index (κ1) is 19.8. The fraction of sp³-hybridized carbons (Fsp3) is 0.286. The van der Waals surface area contributed by atoms with Crippen molar-refractivity contribution >= 4 is 33.4 Å². The number of ether oxygens (including phenoxy) is 2. The Balaban J connectivity index is 1.99. The molecule has 0 unspecified atom stereocenters. The molecule has 0 radical (unpaired) electrons. The summed E-state index contributed by atoms with van der Waals surface area (Å²) in [5.74, 6) is 0.0723. The highest BCUT2D eigenvalue weighted by Gasteiger charge is 2.11. The number of aromatic nitrogens is 1. The van der Waals surface area contributed by atoms with Crippen molar-refractivity contribution in [2.75, 3.05) is 13.7 Å². The molecule has 0 spiro atoms. The van der Waals surface area contributed by atoms with E-state index in [2.05, 4.69) is 11.1 Å². The van der Waals surface area contributed by atoms with Crippen molar-refractivity contribution in [1.82, 2.24) is 4.57 Å². The number of carbonyl (C=O) groups excluding carboxylic acids is 2. The van der Waals surface area contributed by atoms with Crippen molar-refractivity contribution in [3.63, 3.8) is 0 Å². The summed E-state index contributed by atoms with van der Waals surface area (Å²) >= 11 is 1.43. The fourth-order valence-corrected chi connectivity index (χ4v) is 3.96. The molecule has 0 atom stereocenters. The topological polar surface area (TPSA) is 69.9 Å². The highest BCUT2D eigenvalue weighted by Crippen LogP contribution is 2.20. The number of methoxy groups -OCH3 is 1. The number of rotatable bonds is 6. The minimum absolute atomic E-state index is 0.220. The smallest absolute Gasteiger partial charge is 0.307 e. The van der Waals surface area contributed by atoms with Crippen LogP contribution in [-0.4, -0.2) is 30.2 Å². The van der Waals surface area contributed by atoms with Gasteiger partial charge in [0.05, 0.1) is 30.4 Å². The SMILES string of the molecule is CCOC(=O)CCn1c(=NC(=O)c2ccc(OC)cc2)sc2cc(C)ccc21. The van der Waals surface area contributed by atoms with E-state index in [1.807, 2.05) is 23.6 Å². The van der Waals surface area contributed by atoms with Crippen molar-refractivity contribution in [2.24, 2.45) is 4.99 Å². The summed E-state index contributed by atoms with van der Waals surface area (Å²) in [6.45, 7) is 4.54. The Kier molecular flexibility index (Phi) is 6.26. The van der Waals surface area contributed by atoms with Gasteiger partial charge < -0.3 is 14.0 Å². The van der Waals surface area contributed by atoms with Gasteiger partial charge in [0.15, 0.2) is 4.80 Å². The van der Waals surface area contributed by atoms with Gasteiger partial charge in [-0.15, -0.1) is 0 Å². The lowest BCUT2D eigenvalue weighted by molar-refractivity contribution is -0.143. The second-order valence-electron chi connectivity index (χ2n) is 6.21. The molecular formula is C21H22N2O4S. The lowest BCUT2D eigenvalue weighted by Gasteiger charge is -2.05. The van der Waals surface area contributed by atoms with Gasteiger partial charge in [0.2, 0.25) is 0 Å². The molecular weight excluding hydrogens is 376 g/mol. The van der Waals surface area contributed by atoms with Crippen molar-refractivity contribution in [2.45, 2.75) is 26.8 Å². The third-order valence-corrected chi connectivity index (χ3v) is 5.26. The number of carbonyl (C=O) groups is 2. The molecule has 1 aromatic heterocycles. The van der Waals surface area contributed by atoms with Crippen molar-refractivity contribution < 1.29 is 19.1 Å². The van der Waals surface area contributed by atoms with Crippen LogP contribution in [0.25, 0.3) is 10.2 Å². The minimum atomic E-state index is -0.337. The quantitative estimate of drug-likeness (QED) is 0.594. The van der Waals surface area contributed by atoms with Crippen LogP contribution in [0.2, 0.25) is 0 Å². The summed E-state index contributed by atoms with van der Waals surface area (Å²) in [5, 5.41) is 0. The largest absolute Gasteiger partial charge is 0.497 e. The summed E-state index contributed by atoms with van der Waals surface area (Å²) in [5.41, 5.74) is 2.55. The zero-order chi connectivity index (χ0) is 20.1. The molecule has 0 aliphatic rings. The van der Waals surface area contributed by atoms with E-state index < -0.39 is 0 Å². The molecule has 0 saturated heterocycles. The van der Waals surface area contributed by atoms with E-state index in [1.54, 1.807) is 38.3 Å². The van der Waals surface area contributed by atoms with Crippen LogP contribution < -0.4 is 9.54 Å². The summed E-state index contributed by atoms with van der Waals surface area (Å²) in [6.07, 6.45) is 0.220. The zero-order valence-electron chi connectivity index (χ0n) is 16.1. The number of amides is 1. The van der Waals surface area contributed by atoms with E-state index in [0.29, 0.717) is 29.3 Å². The number of hydrogen-bond acceptors (Lipinski definition) is 5. The first-order chi connectivity index (χ1) is 13.5. The molecule has 3 aromatic rings. The Hall–Kier alpha value is -2.93. The minimum Gasteiger partial charge on any atom is -0.497 e. The molecule has 28 heavy (non-hydrogen) atoms. The predicted octanol–water partition coefficient (Wildman–Crippen LogP) is 3.71. The van der Waals surface area contributed by atoms with Crippen LogP contribution in [0, 0.1) is 6.92 Å². The van der Waals surface area contributed by atoms with E-state index in [4.69, 9.17) is 9.47 Å². The number of aryl methyl sites for hydroxylation is 2.